The van der Waals surface area contributed by atoms with Crippen molar-refractivity contribution in [3.05, 3.63) is 51.5 Å². The van der Waals surface area contributed by atoms with Gasteiger partial charge in [0.15, 0.2) is 0 Å². The highest BCUT2D eigenvalue weighted by molar-refractivity contribution is 7.13. The number of aromatic nitrogens is 1. The van der Waals surface area contributed by atoms with Crippen molar-refractivity contribution in [3.63, 3.8) is 0 Å². The lowest BCUT2D eigenvalue weighted by Crippen LogP contribution is -2.57. The van der Waals surface area contributed by atoms with Crippen LogP contribution in [0.5, 0.6) is 0 Å². The van der Waals surface area contributed by atoms with E-state index in [1.54, 1.807) is 11.3 Å². The van der Waals surface area contributed by atoms with E-state index in [0.29, 0.717) is 39.6 Å². The Balaban J connectivity index is 1.38. The third kappa shape index (κ3) is 13.7. The van der Waals surface area contributed by atoms with Gasteiger partial charge in [-0.1, -0.05) is 50.2 Å². The first kappa shape index (κ1) is 39.8. The topological polar surface area (TPSA) is 197 Å². The lowest BCUT2D eigenvalue weighted by Gasteiger charge is -2.35. The minimum Gasteiger partial charge on any atom is -0.391 e. The van der Waals surface area contributed by atoms with Crippen LogP contribution in [-0.2, 0) is 39.9 Å². The number of azide groups is 1. The van der Waals surface area contributed by atoms with Gasteiger partial charge < -0.3 is 39.6 Å². The van der Waals surface area contributed by atoms with E-state index >= 15 is 0 Å². The van der Waals surface area contributed by atoms with E-state index in [0.717, 1.165) is 21.7 Å². The highest BCUT2D eigenvalue weighted by atomic mass is 32.1. The number of hydrogen-bond acceptors (Lipinski definition) is 11. The quantitative estimate of drug-likeness (QED) is 0.0758. The first-order chi connectivity index (χ1) is 23.5. The summed E-state index contributed by atoms with van der Waals surface area (Å²) in [6.07, 6.45) is -0.699. The molecule has 16 heteroatoms. The standard InChI is InChI=1S/C33H49N7O8S/c1-23-29(49-22-36-23)25-7-5-24(6-8-25)20-35-31(43)27-19-26(41)21-40(27)32(44)30(33(2,3)4)38-28(42)9-11-45-13-15-47-17-18-48-16-14-46-12-10-37-39-34/h5-8,22,26-27,30,41H,9-21H2,1-4H3,(H,35,43)(H,38,42)/t26-,27+,30-/m1/s1. The molecule has 0 radical (unpaired) electrons. The Morgan fingerprint density at radius 2 is 1.65 bits per heavy atom. The average Bonchev–Trinajstić information content (AvgIpc) is 3.68. The third-order valence-electron chi connectivity index (χ3n) is 7.70. The number of likely N-dealkylation sites (tertiary alicyclic amines) is 1. The van der Waals surface area contributed by atoms with Crippen molar-refractivity contribution in [1.82, 2.24) is 20.5 Å². The van der Waals surface area contributed by atoms with E-state index in [2.05, 4.69) is 25.6 Å². The maximum absolute atomic E-state index is 13.8. The van der Waals surface area contributed by atoms with Crippen LogP contribution in [0.4, 0.5) is 0 Å². The maximum atomic E-state index is 13.8. The second-order valence-corrected chi connectivity index (χ2v) is 13.5. The molecule has 15 nitrogen and oxygen atoms in total. The van der Waals surface area contributed by atoms with Crippen LogP contribution in [0.3, 0.4) is 0 Å². The fourth-order valence-electron chi connectivity index (χ4n) is 5.09. The first-order valence-corrected chi connectivity index (χ1v) is 17.3. The Kier molecular flexibility index (Phi) is 16.9. The fourth-order valence-corrected chi connectivity index (χ4v) is 5.90. The van der Waals surface area contributed by atoms with Gasteiger partial charge in [-0.15, -0.1) is 11.3 Å². The van der Waals surface area contributed by atoms with Gasteiger partial charge in [0, 0.05) is 37.4 Å². The van der Waals surface area contributed by atoms with Crippen LogP contribution in [0.25, 0.3) is 20.9 Å². The number of hydrogen-bond donors (Lipinski definition) is 3. The molecular formula is C33H49N7O8S. The van der Waals surface area contributed by atoms with Crippen LogP contribution in [0.1, 0.15) is 44.9 Å². The minimum atomic E-state index is -0.914. The number of carbonyl (C=O) groups excluding carboxylic acids is 3. The molecule has 1 saturated heterocycles. The zero-order valence-electron chi connectivity index (χ0n) is 28.8. The van der Waals surface area contributed by atoms with Gasteiger partial charge in [-0.05, 0) is 29.0 Å². The summed E-state index contributed by atoms with van der Waals surface area (Å²) in [6.45, 7) is 10.7. The van der Waals surface area contributed by atoms with Crippen molar-refractivity contribution in [2.75, 3.05) is 65.9 Å². The number of aryl methyl sites for hydroxylation is 1. The summed E-state index contributed by atoms with van der Waals surface area (Å²) in [7, 11) is 0. The van der Waals surface area contributed by atoms with Crippen molar-refractivity contribution in [2.24, 2.45) is 10.5 Å². The van der Waals surface area contributed by atoms with Crippen LogP contribution in [-0.4, -0.2) is 117 Å². The monoisotopic (exact) mass is 703 g/mol. The second kappa shape index (κ2) is 20.8. The van der Waals surface area contributed by atoms with E-state index in [1.807, 2.05) is 57.5 Å². The molecule has 270 valence electrons. The number of aliphatic hydroxyl groups excluding tert-OH is 1. The number of aliphatic hydroxyl groups is 1. The van der Waals surface area contributed by atoms with Crippen molar-refractivity contribution in [3.8, 4) is 10.4 Å². The minimum absolute atomic E-state index is 0.00305. The predicted molar refractivity (Wildman–Crippen MR) is 184 cm³/mol. The Morgan fingerprint density at radius 1 is 1.04 bits per heavy atom. The number of β-amino-alcohol motifs (C(OH)–C–C–N with tert-alkyl or cyclic N) is 1. The number of carbonyl (C=O) groups is 3. The molecule has 2 heterocycles. The molecular weight excluding hydrogens is 654 g/mol. The van der Waals surface area contributed by atoms with Crippen LogP contribution in [0, 0.1) is 12.3 Å². The SMILES string of the molecule is Cc1ncsc1-c1ccc(CNC(=O)[C@@H]2C[C@@H](O)CN2C(=O)[C@@H](NC(=O)CCOCCOCCOCCOCCN=[N+]=[N-])C(C)(C)C)cc1. The lowest BCUT2D eigenvalue weighted by atomic mass is 9.85. The molecule has 3 N–H and O–H groups in total. The van der Waals surface area contributed by atoms with E-state index in [1.165, 1.54) is 4.90 Å². The summed E-state index contributed by atoms with van der Waals surface area (Å²) in [5.74, 6) is -1.14. The molecule has 0 saturated carbocycles. The maximum Gasteiger partial charge on any atom is 0.246 e. The van der Waals surface area contributed by atoms with Gasteiger partial charge >= 0.3 is 0 Å². The van der Waals surface area contributed by atoms with Gasteiger partial charge in [-0.25, -0.2) is 4.98 Å². The molecule has 0 bridgehead atoms. The van der Waals surface area contributed by atoms with Crippen LogP contribution in [0.15, 0.2) is 34.9 Å². The molecule has 2 aromatic rings. The van der Waals surface area contributed by atoms with Crippen molar-refractivity contribution in [2.45, 2.75) is 65.3 Å². The van der Waals surface area contributed by atoms with Gasteiger partial charge in [0.1, 0.15) is 12.1 Å². The number of ether oxygens (including phenoxy) is 4. The summed E-state index contributed by atoms with van der Waals surface area (Å²) < 4.78 is 21.6. The number of thiazole rings is 1. The van der Waals surface area contributed by atoms with E-state index in [4.69, 9.17) is 24.5 Å². The summed E-state index contributed by atoms with van der Waals surface area (Å²) in [5, 5.41) is 19.6. The third-order valence-corrected chi connectivity index (χ3v) is 8.68. The molecule has 3 atom stereocenters. The fraction of sp³-hybridized carbons (Fsp3) is 0.636. The van der Waals surface area contributed by atoms with Gasteiger partial charge in [0.05, 0.1) is 75.0 Å². The van der Waals surface area contributed by atoms with Crippen molar-refractivity contribution in [1.29, 1.82) is 0 Å². The summed E-state index contributed by atoms with van der Waals surface area (Å²) in [4.78, 5) is 49.3. The zero-order chi connectivity index (χ0) is 35.6. The number of benzene rings is 1. The molecule has 0 aliphatic carbocycles. The van der Waals surface area contributed by atoms with Gasteiger partial charge in [-0.2, -0.15) is 0 Å². The smallest absolute Gasteiger partial charge is 0.246 e. The molecule has 1 fully saturated rings. The van der Waals surface area contributed by atoms with Crippen LogP contribution < -0.4 is 10.6 Å². The Bertz CT molecular complexity index is 1380. The Hall–Kier alpha value is -3.63. The van der Waals surface area contributed by atoms with Crippen molar-refractivity contribution < 1.29 is 38.4 Å². The molecule has 3 rings (SSSR count). The molecule has 0 spiro atoms. The molecule has 3 amide bonds. The summed E-state index contributed by atoms with van der Waals surface area (Å²) in [5.41, 5.74) is 12.3. The van der Waals surface area contributed by atoms with E-state index in [9.17, 15) is 19.5 Å². The number of rotatable bonds is 21. The number of amides is 3. The van der Waals surface area contributed by atoms with E-state index in [-0.39, 0.29) is 57.5 Å². The van der Waals surface area contributed by atoms with Crippen molar-refractivity contribution >= 4 is 29.1 Å². The molecule has 1 aromatic carbocycles. The van der Waals surface area contributed by atoms with Gasteiger partial charge in [0.2, 0.25) is 17.7 Å². The molecule has 0 unspecified atom stereocenters. The molecule has 1 aliphatic rings. The molecule has 1 aliphatic heterocycles. The van der Waals surface area contributed by atoms with Crippen LogP contribution >= 0.6 is 11.3 Å². The highest BCUT2D eigenvalue weighted by Crippen LogP contribution is 2.28. The average molecular weight is 704 g/mol. The van der Waals surface area contributed by atoms with Gasteiger partial charge in [-0.3, -0.25) is 14.4 Å². The Labute approximate surface area is 291 Å². The summed E-state index contributed by atoms with van der Waals surface area (Å²) in [6, 6.07) is 6.09. The Morgan fingerprint density at radius 3 is 2.22 bits per heavy atom. The lowest BCUT2D eigenvalue weighted by molar-refractivity contribution is -0.144. The predicted octanol–water partition coefficient (Wildman–Crippen LogP) is 2.99. The number of nitrogens with zero attached hydrogens (tertiary/aromatic N) is 5. The second-order valence-electron chi connectivity index (χ2n) is 12.6. The first-order valence-electron chi connectivity index (χ1n) is 16.4. The zero-order valence-corrected chi connectivity index (χ0v) is 29.6. The summed E-state index contributed by atoms with van der Waals surface area (Å²) >= 11 is 1.57. The highest BCUT2D eigenvalue weighted by Gasteiger charge is 2.44. The van der Waals surface area contributed by atoms with Gasteiger partial charge in [0.25, 0.3) is 0 Å². The largest absolute Gasteiger partial charge is 0.391 e. The normalized spacial score (nSPS) is 16.6. The number of nitrogens with one attached hydrogen (secondary N) is 2. The van der Waals surface area contributed by atoms with E-state index < -0.39 is 29.5 Å². The van der Waals surface area contributed by atoms with Crippen LogP contribution in [0.2, 0.25) is 0 Å². The molecule has 1 aromatic heterocycles. The molecule has 49 heavy (non-hydrogen) atoms.